The fourth-order valence-corrected chi connectivity index (χ4v) is 7.87. The van der Waals surface area contributed by atoms with Crippen LogP contribution in [0.2, 0.25) is 0 Å². The van der Waals surface area contributed by atoms with E-state index >= 15 is 0 Å². The van der Waals surface area contributed by atoms with E-state index in [1.807, 2.05) is 53.1 Å². The predicted octanol–water partition coefficient (Wildman–Crippen LogP) is 6.43. The second-order valence-electron chi connectivity index (χ2n) is 11.1. The highest BCUT2D eigenvalue weighted by Crippen LogP contribution is 2.41. The fraction of sp³-hybridized carbons (Fsp3) is 0.167. The summed E-state index contributed by atoms with van der Waals surface area (Å²) in [6, 6.07) is 26.0. The van der Waals surface area contributed by atoms with Crippen LogP contribution in [0.5, 0.6) is 17.2 Å². The lowest BCUT2D eigenvalue weighted by Gasteiger charge is -2.30. The fourth-order valence-electron chi connectivity index (χ4n) is 6.09. The lowest BCUT2D eigenvalue weighted by molar-refractivity contribution is -0.384. The van der Waals surface area contributed by atoms with Crippen molar-refractivity contribution in [1.82, 2.24) is 4.57 Å². The Bertz CT molecular complexity index is 2240. The van der Waals surface area contributed by atoms with Crippen LogP contribution in [0.15, 0.2) is 100 Å². The van der Waals surface area contributed by atoms with E-state index in [-0.39, 0.29) is 23.9 Å². The van der Waals surface area contributed by atoms with Gasteiger partial charge in [0.15, 0.2) is 16.3 Å². The molecule has 0 saturated heterocycles. The molecule has 1 aliphatic carbocycles. The number of nitro benzene ring substituents is 1. The Labute approximate surface area is 287 Å². The highest BCUT2D eigenvalue weighted by atomic mass is 127. The summed E-state index contributed by atoms with van der Waals surface area (Å²) in [5, 5.41) is 11.0. The van der Waals surface area contributed by atoms with E-state index in [0.717, 1.165) is 55.7 Å². The number of thiazole rings is 1. The Morgan fingerprint density at radius 1 is 1.02 bits per heavy atom. The van der Waals surface area contributed by atoms with Crippen LogP contribution >= 0.6 is 33.9 Å². The number of allylic oxidation sites excluding steroid dienone is 1. The Morgan fingerprint density at radius 3 is 2.51 bits per heavy atom. The van der Waals surface area contributed by atoms with Crippen molar-refractivity contribution in [3.63, 3.8) is 0 Å². The number of hydrogen-bond acceptors (Lipinski definition) is 8. The van der Waals surface area contributed by atoms with Gasteiger partial charge in [0.2, 0.25) is 0 Å². The van der Waals surface area contributed by atoms with Crippen molar-refractivity contribution >= 4 is 51.4 Å². The summed E-state index contributed by atoms with van der Waals surface area (Å²) in [4.78, 5) is 30.5. The Hall–Kier alpha value is -4.75. The molecule has 1 atom stereocenters. The maximum atomic E-state index is 14.2. The molecule has 0 saturated carbocycles. The molecule has 0 unspecified atom stereocenters. The second-order valence-corrected chi connectivity index (χ2v) is 13.3. The third-order valence-corrected chi connectivity index (χ3v) is 10.2. The standard InChI is InChI=1S/C36H28IN3O6S/c1-44-26-14-9-24(10-15-26)33-28-16-11-23-5-3-4-6-27(23)32(28)38-36-39(33)35(41)31(47-36)19-22-17-29(37)34(30(18-22)45-2)46-20-21-7-12-25(13-8-21)40(42)43/h3-10,12-15,17-19,33H,11,16,20H2,1-2H3/b31-19-/t33-/m0/s1. The largest absolute Gasteiger partial charge is 0.497 e. The zero-order valence-electron chi connectivity index (χ0n) is 25.4. The molecule has 0 fully saturated rings. The Balaban J connectivity index is 1.29. The van der Waals surface area contributed by atoms with Crippen LogP contribution in [0.4, 0.5) is 5.69 Å². The SMILES string of the molecule is COc1ccc([C@H]2C3=C(N=c4s/c(=C\c5cc(I)c(OCc6ccc([N+](=O)[O-])cc6)c(OC)c5)c(=O)n42)c2ccccc2CC3)cc1. The van der Waals surface area contributed by atoms with Gasteiger partial charge in [0.05, 0.1) is 39.0 Å². The maximum absolute atomic E-state index is 14.2. The number of hydrogen-bond donors (Lipinski definition) is 0. The maximum Gasteiger partial charge on any atom is 0.271 e. The van der Waals surface area contributed by atoms with Gasteiger partial charge in [-0.2, -0.15) is 0 Å². The highest BCUT2D eigenvalue weighted by molar-refractivity contribution is 14.1. The van der Waals surface area contributed by atoms with Crippen LogP contribution in [0.1, 0.15) is 40.3 Å². The first-order chi connectivity index (χ1) is 22.8. The van der Waals surface area contributed by atoms with Gasteiger partial charge in [-0.25, -0.2) is 4.99 Å². The summed E-state index contributed by atoms with van der Waals surface area (Å²) >= 11 is 3.56. The van der Waals surface area contributed by atoms with Crippen LogP contribution in [0.25, 0.3) is 11.8 Å². The zero-order valence-corrected chi connectivity index (χ0v) is 28.4. The van der Waals surface area contributed by atoms with Crippen molar-refractivity contribution in [1.29, 1.82) is 0 Å². The molecular formula is C36H28IN3O6S. The summed E-state index contributed by atoms with van der Waals surface area (Å²) < 4.78 is 20.4. The van der Waals surface area contributed by atoms with Gasteiger partial charge in [-0.3, -0.25) is 19.5 Å². The average Bonchev–Trinajstić information content (AvgIpc) is 3.40. The van der Waals surface area contributed by atoms with Crippen LogP contribution in [0, 0.1) is 13.7 Å². The number of halogens is 1. The summed E-state index contributed by atoms with van der Waals surface area (Å²) in [5.41, 5.74) is 6.97. The lowest BCUT2D eigenvalue weighted by Crippen LogP contribution is -2.38. The smallest absolute Gasteiger partial charge is 0.271 e. The molecule has 11 heteroatoms. The molecule has 4 aromatic carbocycles. The van der Waals surface area contributed by atoms with Gasteiger partial charge in [-0.1, -0.05) is 47.7 Å². The van der Waals surface area contributed by atoms with E-state index in [1.165, 1.54) is 29.0 Å². The van der Waals surface area contributed by atoms with Crippen LogP contribution < -0.4 is 29.1 Å². The van der Waals surface area contributed by atoms with Gasteiger partial charge in [0.25, 0.3) is 11.2 Å². The quantitative estimate of drug-likeness (QED) is 0.103. The summed E-state index contributed by atoms with van der Waals surface area (Å²) in [6.45, 7) is 0.210. The molecule has 1 aliphatic heterocycles. The van der Waals surface area contributed by atoms with Gasteiger partial charge in [0, 0.05) is 17.7 Å². The molecule has 47 heavy (non-hydrogen) atoms. The number of methoxy groups -OCH3 is 2. The van der Waals surface area contributed by atoms with Gasteiger partial charge >= 0.3 is 0 Å². The first kappa shape index (κ1) is 30.9. The lowest BCUT2D eigenvalue weighted by atomic mass is 9.83. The molecular weight excluding hydrogens is 729 g/mol. The van der Waals surface area contributed by atoms with E-state index in [9.17, 15) is 14.9 Å². The molecule has 5 aromatic rings. The summed E-state index contributed by atoms with van der Waals surface area (Å²) in [5.74, 6) is 1.82. The molecule has 0 N–H and O–H groups in total. The number of nitro groups is 1. The first-order valence-corrected chi connectivity index (χ1v) is 16.7. The highest BCUT2D eigenvalue weighted by Gasteiger charge is 2.32. The number of benzene rings is 4. The van der Waals surface area contributed by atoms with Crippen molar-refractivity contribution in [3.05, 3.63) is 152 Å². The van der Waals surface area contributed by atoms with E-state index in [0.29, 0.717) is 20.8 Å². The number of aryl methyl sites for hydroxylation is 1. The van der Waals surface area contributed by atoms with E-state index in [1.54, 1.807) is 26.4 Å². The van der Waals surface area contributed by atoms with Crippen LogP contribution in [-0.2, 0) is 13.0 Å². The molecule has 236 valence electrons. The molecule has 9 nitrogen and oxygen atoms in total. The third kappa shape index (κ3) is 5.85. The normalized spacial score (nSPS) is 15.3. The summed E-state index contributed by atoms with van der Waals surface area (Å²) in [6.07, 6.45) is 3.57. The van der Waals surface area contributed by atoms with Crippen LogP contribution in [-0.4, -0.2) is 23.7 Å². The van der Waals surface area contributed by atoms with E-state index < -0.39 is 4.92 Å². The number of non-ortho nitro benzene ring substituents is 1. The minimum atomic E-state index is -0.432. The minimum Gasteiger partial charge on any atom is -0.497 e. The van der Waals surface area contributed by atoms with Crippen molar-refractivity contribution in [3.8, 4) is 17.2 Å². The number of aromatic nitrogens is 1. The van der Waals surface area contributed by atoms with Gasteiger partial charge in [-0.15, -0.1) is 0 Å². The molecule has 1 aromatic heterocycles. The van der Waals surface area contributed by atoms with E-state index in [2.05, 4.69) is 40.8 Å². The van der Waals surface area contributed by atoms with Gasteiger partial charge < -0.3 is 14.2 Å². The predicted molar refractivity (Wildman–Crippen MR) is 189 cm³/mol. The number of nitrogens with zero attached hydrogens (tertiary/aromatic N) is 3. The second kappa shape index (κ2) is 12.8. The topological polar surface area (TPSA) is 105 Å². The molecule has 0 bridgehead atoms. The zero-order chi connectivity index (χ0) is 32.7. The van der Waals surface area contributed by atoms with Gasteiger partial charge in [0.1, 0.15) is 12.4 Å². The summed E-state index contributed by atoms with van der Waals surface area (Å²) in [7, 11) is 3.21. The minimum absolute atomic E-state index is 0.0239. The average molecular weight is 758 g/mol. The Kier molecular flexibility index (Phi) is 8.41. The monoisotopic (exact) mass is 757 g/mol. The third-order valence-electron chi connectivity index (χ3n) is 8.38. The van der Waals surface area contributed by atoms with Crippen molar-refractivity contribution < 1.29 is 19.1 Å². The van der Waals surface area contributed by atoms with Crippen LogP contribution in [0.3, 0.4) is 0 Å². The molecule has 2 aliphatic rings. The molecule has 0 amide bonds. The van der Waals surface area contributed by atoms with Gasteiger partial charge in [-0.05, 0) is 106 Å². The van der Waals surface area contributed by atoms with Crippen molar-refractivity contribution in [2.45, 2.75) is 25.5 Å². The molecule has 0 radical (unpaired) electrons. The number of ether oxygens (including phenoxy) is 3. The molecule has 2 heterocycles. The molecule has 7 rings (SSSR count). The number of fused-ring (bicyclic) bond motifs is 3. The molecule has 0 spiro atoms. The number of rotatable bonds is 8. The first-order valence-electron chi connectivity index (χ1n) is 14.9. The van der Waals surface area contributed by atoms with E-state index in [4.69, 9.17) is 19.2 Å². The Morgan fingerprint density at radius 2 is 1.79 bits per heavy atom. The van der Waals surface area contributed by atoms with Crippen molar-refractivity contribution in [2.75, 3.05) is 14.2 Å². The van der Waals surface area contributed by atoms with Crippen molar-refractivity contribution in [2.24, 2.45) is 4.99 Å².